The van der Waals surface area contributed by atoms with E-state index in [2.05, 4.69) is 21.2 Å². The molecule has 0 radical (unpaired) electrons. The van der Waals surface area contributed by atoms with E-state index in [0.717, 1.165) is 4.47 Å². The second kappa shape index (κ2) is 6.75. The van der Waals surface area contributed by atoms with Crippen molar-refractivity contribution in [2.45, 2.75) is 25.8 Å². The molecule has 2 N–H and O–H groups in total. The van der Waals surface area contributed by atoms with E-state index >= 15 is 0 Å². The monoisotopic (exact) mass is 315 g/mol. The number of rotatable bonds is 6. The number of halogens is 1. The average molecular weight is 316 g/mol. The highest BCUT2D eigenvalue weighted by Gasteiger charge is 2.23. The van der Waals surface area contributed by atoms with Crippen LogP contribution in [0.5, 0.6) is 5.75 Å². The average Bonchev–Trinajstić information content (AvgIpc) is 2.38. The normalized spacial score (nSPS) is 13.8. The molecule has 5 heteroatoms. The molecule has 0 aromatic heterocycles. The van der Waals surface area contributed by atoms with Crippen LogP contribution in [0.1, 0.15) is 20.3 Å². The van der Waals surface area contributed by atoms with Crippen LogP contribution in [-0.2, 0) is 4.79 Å². The summed E-state index contributed by atoms with van der Waals surface area (Å²) in [5, 5.41) is 11.9. The lowest BCUT2D eigenvalue weighted by Gasteiger charge is -2.27. The van der Waals surface area contributed by atoms with Gasteiger partial charge in [-0.15, -0.1) is 0 Å². The largest absolute Gasteiger partial charge is 0.484 e. The maximum absolute atomic E-state index is 11.7. The first-order chi connectivity index (χ1) is 8.49. The lowest BCUT2D eigenvalue weighted by molar-refractivity contribution is -0.125. The van der Waals surface area contributed by atoms with E-state index in [0.29, 0.717) is 12.2 Å². The van der Waals surface area contributed by atoms with Crippen molar-refractivity contribution in [3.63, 3.8) is 0 Å². The number of hydrogen-bond acceptors (Lipinski definition) is 3. The Morgan fingerprint density at radius 1 is 1.44 bits per heavy atom. The van der Waals surface area contributed by atoms with E-state index in [1.807, 2.05) is 19.1 Å². The van der Waals surface area contributed by atoms with Crippen molar-refractivity contribution >= 4 is 21.8 Å². The van der Waals surface area contributed by atoms with Crippen LogP contribution in [0.3, 0.4) is 0 Å². The summed E-state index contributed by atoms with van der Waals surface area (Å²) in [7, 11) is 0. The number of hydrogen-bond donors (Lipinski definition) is 2. The van der Waals surface area contributed by atoms with Gasteiger partial charge in [-0.3, -0.25) is 4.79 Å². The Kier molecular flexibility index (Phi) is 5.62. The number of aliphatic hydroxyl groups is 1. The van der Waals surface area contributed by atoms with Crippen LogP contribution in [0.4, 0.5) is 0 Å². The highest BCUT2D eigenvalue weighted by Crippen LogP contribution is 2.16. The van der Waals surface area contributed by atoms with Gasteiger partial charge in [0.15, 0.2) is 6.61 Å². The maximum atomic E-state index is 11.7. The van der Waals surface area contributed by atoms with E-state index in [1.54, 1.807) is 19.1 Å². The van der Waals surface area contributed by atoms with E-state index in [4.69, 9.17) is 4.74 Å². The fourth-order valence-electron chi connectivity index (χ4n) is 1.29. The molecule has 1 rings (SSSR count). The van der Waals surface area contributed by atoms with Gasteiger partial charge in [-0.1, -0.05) is 22.9 Å². The Labute approximate surface area is 115 Å². The molecule has 18 heavy (non-hydrogen) atoms. The molecule has 4 nitrogen and oxygen atoms in total. The number of carbonyl (C=O) groups excluding carboxylic acids is 1. The van der Waals surface area contributed by atoms with Gasteiger partial charge in [-0.2, -0.15) is 0 Å². The summed E-state index contributed by atoms with van der Waals surface area (Å²) in [5.41, 5.74) is -0.583. The lowest BCUT2D eigenvalue weighted by atomic mass is 10.0. The van der Waals surface area contributed by atoms with Crippen LogP contribution in [0.25, 0.3) is 0 Å². The van der Waals surface area contributed by atoms with Crippen molar-refractivity contribution in [1.82, 2.24) is 5.32 Å². The molecule has 0 unspecified atom stereocenters. The minimum atomic E-state index is -0.583. The molecular weight excluding hydrogens is 298 g/mol. The molecule has 1 amide bonds. The zero-order chi connectivity index (χ0) is 13.6. The molecule has 1 atom stereocenters. The highest BCUT2D eigenvalue weighted by atomic mass is 79.9. The Balaban J connectivity index is 2.44. The summed E-state index contributed by atoms with van der Waals surface area (Å²) in [6, 6.07) is 7.25. The van der Waals surface area contributed by atoms with Crippen molar-refractivity contribution in [1.29, 1.82) is 0 Å². The third kappa shape index (κ3) is 4.66. The molecule has 0 spiro atoms. The smallest absolute Gasteiger partial charge is 0.258 e. The van der Waals surface area contributed by atoms with Gasteiger partial charge >= 0.3 is 0 Å². The maximum Gasteiger partial charge on any atom is 0.258 e. The minimum Gasteiger partial charge on any atom is -0.484 e. The van der Waals surface area contributed by atoms with Crippen molar-refractivity contribution in [3.05, 3.63) is 28.7 Å². The van der Waals surface area contributed by atoms with E-state index in [1.165, 1.54) is 0 Å². The van der Waals surface area contributed by atoms with Gasteiger partial charge in [-0.25, -0.2) is 0 Å². The molecule has 0 saturated heterocycles. The fourth-order valence-corrected chi connectivity index (χ4v) is 1.56. The van der Waals surface area contributed by atoms with Crippen molar-refractivity contribution in [2.75, 3.05) is 13.2 Å². The number of benzene rings is 1. The standard InChI is InChI=1S/C13H18BrNO3/c1-3-13(2,9-16)15-12(17)8-18-11-6-4-10(14)5-7-11/h4-7,16H,3,8-9H2,1-2H3,(H,15,17)/t13-/m0/s1. The van der Waals surface area contributed by atoms with Gasteiger partial charge in [0.05, 0.1) is 12.1 Å². The highest BCUT2D eigenvalue weighted by molar-refractivity contribution is 9.10. The summed E-state index contributed by atoms with van der Waals surface area (Å²) >= 11 is 3.32. The third-order valence-electron chi connectivity index (χ3n) is 2.75. The van der Waals surface area contributed by atoms with Crippen molar-refractivity contribution in [2.24, 2.45) is 0 Å². The van der Waals surface area contributed by atoms with Crippen LogP contribution in [0.2, 0.25) is 0 Å². The molecule has 0 heterocycles. The second-order valence-electron chi connectivity index (χ2n) is 4.36. The Morgan fingerprint density at radius 2 is 2.06 bits per heavy atom. The molecule has 0 aliphatic rings. The van der Waals surface area contributed by atoms with E-state index in [-0.39, 0.29) is 19.1 Å². The van der Waals surface area contributed by atoms with Crippen LogP contribution in [0, 0.1) is 0 Å². The number of amides is 1. The first kappa shape index (κ1) is 15.0. The summed E-state index contributed by atoms with van der Waals surface area (Å²) in [5.74, 6) is 0.395. The van der Waals surface area contributed by atoms with Crippen LogP contribution >= 0.6 is 15.9 Å². The van der Waals surface area contributed by atoms with Crippen LogP contribution in [0.15, 0.2) is 28.7 Å². The minimum absolute atomic E-state index is 0.0583. The number of nitrogens with one attached hydrogen (secondary N) is 1. The van der Waals surface area contributed by atoms with Crippen LogP contribution in [-0.4, -0.2) is 29.8 Å². The molecular formula is C13H18BrNO3. The summed E-state index contributed by atoms with van der Waals surface area (Å²) < 4.78 is 6.30. The van der Waals surface area contributed by atoms with Crippen LogP contribution < -0.4 is 10.1 Å². The van der Waals surface area contributed by atoms with Gasteiger partial charge in [0.2, 0.25) is 0 Å². The Morgan fingerprint density at radius 3 is 2.56 bits per heavy atom. The topological polar surface area (TPSA) is 58.6 Å². The Hall–Kier alpha value is -1.07. The molecule has 0 saturated carbocycles. The fraction of sp³-hybridized carbons (Fsp3) is 0.462. The molecule has 100 valence electrons. The number of aliphatic hydroxyl groups excluding tert-OH is 1. The zero-order valence-corrected chi connectivity index (χ0v) is 12.2. The number of carbonyl (C=O) groups is 1. The van der Waals surface area contributed by atoms with E-state index < -0.39 is 5.54 Å². The predicted molar refractivity (Wildman–Crippen MR) is 73.6 cm³/mol. The first-order valence-electron chi connectivity index (χ1n) is 5.79. The molecule has 1 aromatic carbocycles. The first-order valence-corrected chi connectivity index (χ1v) is 6.58. The van der Waals surface area contributed by atoms with Gasteiger partial charge in [0.25, 0.3) is 5.91 Å². The predicted octanol–water partition coefficient (Wildman–Crippen LogP) is 2.11. The molecule has 1 aromatic rings. The summed E-state index contributed by atoms with van der Waals surface area (Å²) in [6.45, 7) is 3.56. The van der Waals surface area contributed by atoms with Gasteiger partial charge < -0.3 is 15.2 Å². The molecule has 0 aliphatic heterocycles. The second-order valence-corrected chi connectivity index (χ2v) is 5.28. The molecule has 0 aliphatic carbocycles. The zero-order valence-electron chi connectivity index (χ0n) is 10.6. The van der Waals surface area contributed by atoms with Gasteiger partial charge in [0.1, 0.15) is 5.75 Å². The third-order valence-corrected chi connectivity index (χ3v) is 3.28. The summed E-state index contributed by atoms with van der Waals surface area (Å²) in [6.07, 6.45) is 0.660. The van der Waals surface area contributed by atoms with Crippen molar-refractivity contribution in [3.8, 4) is 5.75 Å². The molecule has 0 fully saturated rings. The SMILES string of the molecule is CC[C@@](C)(CO)NC(=O)COc1ccc(Br)cc1. The Bertz CT molecular complexity index is 388. The summed E-state index contributed by atoms with van der Waals surface area (Å²) in [4.78, 5) is 11.7. The van der Waals surface area contributed by atoms with Gasteiger partial charge in [0, 0.05) is 4.47 Å². The van der Waals surface area contributed by atoms with Gasteiger partial charge in [-0.05, 0) is 37.6 Å². The van der Waals surface area contributed by atoms with Crippen molar-refractivity contribution < 1.29 is 14.6 Å². The quantitative estimate of drug-likeness (QED) is 0.845. The number of ether oxygens (including phenoxy) is 1. The molecule has 0 bridgehead atoms. The lowest BCUT2D eigenvalue weighted by Crippen LogP contribution is -2.49. The van der Waals surface area contributed by atoms with E-state index in [9.17, 15) is 9.90 Å².